The maximum absolute atomic E-state index is 9.09. The molecular weight excluding hydrogens is 285 g/mol. The number of aromatic nitrogens is 1. The van der Waals surface area contributed by atoms with Crippen molar-refractivity contribution < 1.29 is 4.42 Å². The normalized spacial score (nSPS) is 10.2. The Balaban J connectivity index is 2.38. The van der Waals surface area contributed by atoms with Crippen LogP contribution >= 0.6 is 23.2 Å². The van der Waals surface area contributed by atoms with Gasteiger partial charge in [0.1, 0.15) is 6.07 Å². The number of rotatable bonds is 4. The Labute approximate surface area is 121 Å². The van der Waals surface area contributed by atoms with E-state index in [4.69, 9.17) is 32.9 Å². The summed E-state index contributed by atoms with van der Waals surface area (Å²) in [5.74, 6) is 1.26. The number of anilines is 1. The summed E-state index contributed by atoms with van der Waals surface area (Å²) in [6.07, 6.45) is 0. The van der Waals surface area contributed by atoms with Gasteiger partial charge in [-0.15, -0.1) is 11.6 Å². The molecule has 0 N–H and O–H groups in total. The van der Waals surface area contributed by atoms with Gasteiger partial charge in [-0.2, -0.15) is 10.2 Å². The second-order valence-corrected chi connectivity index (χ2v) is 4.72. The zero-order valence-corrected chi connectivity index (χ0v) is 11.7. The van der Waals surface area contributed by atoms with Crippen LogP contribution < -0.4 is 4.90 Å². The predicted octanol–water partition coefficient (Wildman–Crippen LogP) is 3.54. The Morgan fingerprint density at radius 1 is 1.37 bits per heavy atom. The number of benzene rings is 1. The predicted molar refractivity (Wildman–Crippen MR) is 75.7 cm³/mol. The average molecular weight is 296 g/mol. The van der Waals surface area contributed by atoms with Crippen molar-refractivity contribution in [3.05, 3.63) is 35.0 Å². The lowest BCUT2D eigenvalue weighted by atomic mass is 10.2. The number of hydrogen-bond acceptors (Lipinski definition) is 4. The molecule has 0 fully saturated rings. The molecule has 19 heavy (non-hydrogen) atoms. The van der Waals surface area contributed by atoms with Crippen LogP contribution in [0.5, 0.6) is 0 Å². The van der Waals surface area contributed by atoms with Gasteiger partial charge in [0.25, 0.3) is 0 Å². The van der Waals surface area contributed by atoms with Crippen LogP contribution in [0.15, 0.2) is 28.7 Å². The molecule has 1 aromatic carbocycles. The highest BCUT2D eigenvalue weighted by atomic mass is 35.5. The first-order valence-electron chi connectivity index (χ1n) is 5.59. The summed E-state index contributed by atoms with van der Waals surface area (Å²) < 4.78 is 5.64. The lowest BCUT2D eigenvalue weighted by Gasteiger charge is -2.13. The van der Waals surface area contributed by atoms with E-state index < -0.39 is 0 Å². The highest BCUT2D eigenvalue weighted by Gasteiger charge is 2.17. The van der Waals surface area contributed by atoms with E-state index in [1.807, 2.05) is 6.07 Å². The maximum atomic E-state index is 9.09. The molecule has 2 rings (SSSR count). The van der Waals surface area contributed by atoms with Crippen LogP contribution in [-0.2, 0) is 0 Å². The third-order valence-electron chi connectivity index (χ3n) is 2.57. The van der Waals surface area contributed by atoms with E-state index in [1.54, 1.807) is 36.2 Å². The molecule has 1 heterocycles. The van der Waals surface area contributed by atoms with E-state index in [-0.39, 0.29) is 5.69 Å². The first kappa shape index (κ1) is 13.7. The van der Waals surface area contributed by atoms with Crippen molar-refractivity contribution in [2.24, 2.45) is 0 Å². The summed E-state index contributed by atoms with van der Waals surface area (Å²) in [6.45, 7) is 0.575. The molecule has 4 nitrogen and oxygen atoms in total. The van der Waals surface area contributed by atoms with Gasteiger partial charge in [0.05, 0.1) is 0 Å². The van der Waals surface area contributed by atoms with Gasteiger partial charge < -0.3 is 9.32 Å². The van der Waals surface area contributed by atoms with Crippen LogP contribution in [0, 0.1) is 11.3 Å². The number of halogens is 2. The topological polar surface area (TPSA) is 53.1 Å². The van der Waals surface area contributed by atoms with E-state index in [0.29, 0.717) is 29.2 Å². The zero-order valence-electron chi connectivity index (χ0n) is 10.2. The maximum Gasteiger partial charge on any atom is 0.234 e. The minimum atomic E-state index is 0.248. The zero-order chi connectivity index (χ0) is 13.8. The highest BCUT2D eigenvalue weighted by molar-refractivity contribution is 6.30. The number of oxazole rings is 1. The van der Waals surface area contributed by atoms with Crippen LogP contribution in [0.25, 0.3) is 11.5 Å². The molecule has 0 saturated carbocycles. The van der Waals surface area contributed by atoms with Crippen LogP contribution in [-0.4, -0.2) is 24.5 Å². The Kier molecular flexibility index (Phi) is 4.31. The fraction of sp³-hybridized carbons (Fsp3) is 0.231. The average Bonchev–Trinajstić information content (AvgIpc) is 2.84. The largest absolute Gasteiger partial charge is 0.419 e. The Morgan fingerprint density at radius 3 is 2.63 bits per heavy atom. The minimum Gasteiger partial charge on any atom is -0.419 e. The van der Waals surface area contributed by atoms with Crippen molar-refractivity contribution in [2.45, 2.75) is 0 Å². The molecule has 0 aliphatic carbocycles. The van der Waals surface area contributed by atoms with Crippen LogP contribution in [0.1, 0.15) is 5.69 Å². The molecule has 0 aliphatic rings. The molecule has 1 aromatic heterocycles. The molecule has 0 radical (unpaired) electrons. The lowest BCUT2D eigenvalue weighted by molar-refractivity contribution is 0.565. The molecule has 0 aliphatic heterocycles. The van der Waals surface area contributed by atoms with E-state index in [1.165, 1.54) is 0 Å². The monoisotopic (exact) mass is 295 g/mol. The SMILES string of the molecule is CN(CCCl)c1oc(-c2ccc(Cl)cc2)nc1C#N. The fourth-order valence-electron chi connectivity index (χ4n) is 1.59. The van der Waals surface area contributed by atoms with Crippen molar-refractivity contribution in [3.63, 3.8) is 0 Å². The molecular formula is C13H11Cl2N3O. The summed E-state index contributed by atoms with van der Waals surface area (Å²) in [6, 6.07) is 9.10. The third kappa shape index (κ3) is 3.01. The van der Waals surface area contributed by atoms with Crippen molar-refractivity contribution in [1.29, 1.82) is 5.26 Å². The standard InChI is InChI=1S/C13H11Cl2N3O/c1-18(7-6-14)13-11(8-16)17-12(19-13)9-2-4-10(15)5-3-9/h2-5H,6-7H2,1H3. The summed E-state index contributed by atoms with van der Waals surface area (Å²) in [5.41, 5.74) is 1.02. The third-order valence-corrected chi connectivity index (χ3v) is 2.99. The second-order valence-electron chi connectivity index (χ2n) is 3.90. The number of nitriles is 1. The van der Waals surface area contributed by atoms with E-state index in [2.05, 4.69) is 4.98 Å². The van der Waals surface area contributed by atoms with Gasteiger partial charge in [0.15, 0.2) is 0 Å². The quantitative estimate of drug-likeness (QED) is 0.810. The summed E-state index contributed by atoms with van der Waals surface area (Å²) in [5, 5.41) is 9.72. The van der Waals surface area contributed by atoms with Gasteiger partial charge in [-0.3, -0.25) is 0 Å². The fourth-order valence-corrected chi connectivity index (χ4v) is 1.97. The van der Waals surface area contributed by atoms with Crippen molar-refractivity contribution in [3.8, 4) is 17.5 Å². The number of nitrogens with zero attached hydrogens (tertiary/aromatic N) is 3. The van der Waals surface area contributed by atoms with Gasteiger partial charge in [-0.05, 0) is 24.3 Å². The van der Waals surface area contributed by atoms with E-state index in [9.17, 15) is 0 Å². The molecule has 6 heteroatoms. The van der Waals surface area contributed by atoms with Gasteiger partial charge in [-0.1, -0.05) is 11.6 Å². The Morgan fingerprint density at radius 2 is 2.05 bits per heavy atom. The first-order chi connectivity index (χ1) is 9.15. The molecule has 0 bridgehead atoms. The Bertz CT molecular complexity index is 601. The first-order valence-corrected chi connectivity index (χ1v) is 6.51. The van der Waals surface area contributed by atoms with E-state index in [0.717, 1.165) is 5.56 Å². The van der Waals surface area contributed by atoms with Gasteiger partial charge >= 0.3 is 0 Å². The van der Waals surface area contributed by atoms with Gasteiger partial charge in [0.2, 0.25) is 17.5 Å². The molecule has 0 unspecified atom stereocenters. The molecule has 0 saturated heterocycles. The summed E-state index contributed by atoms with van der Waals surface area (Å²) in [7, 11) is 1.80. The molecule has 98 valence electrons. The van der Waals surface area contributed by atoms with Crippen molar-refractivity contribution >= 4 is 29.1 Å². The molecule has 0 atom stereocenters. The summed E-state index contributed by atoms with van der Waals surface area (Å²) in [4.78, 5) is 5.94. The number of hydrogen-bond donors (Lipinski definition) is 0. The van der Waals surface area contributed by atoms with E-state index >= 15 is 0 Å². The highest BCUT2D eigenvalue weighted by Crippen LogP contribution is 2.28. The van der Waals surface area contributed by atoms with Gasteiger partial charge in [-0.25, -0.2) is 0 Å². The second kappa shape index (κ2) is 5.96. The summed E-state index contributed by atoms with van der Waals surface area (Å²) >= 11 is 11.5. The lowest BCUT2D eigenvalue weighted by Crippen LogP contribution is -2.19. The molecule has 0 amide bonds. The van der Waals surface area contributed by atoms with Crippen molar-refractivity contribution in [2.75, 3.05) is 24.4 Å². The van der Waals surface area contributed by atoms with Crippen LogP contribution in [0.4, 0.5) is 5.88 Å². The van der Waals surface area contributed by atoms with Crippen LogP contribution in [0.3, 0.4) is 0 Å². The number of alkyl halides is 1. The van der Waals surface area contributed by atoms with Crippen molar-refractivity contribution in [1.82, 2.24) is 4.98 Å². The minimum absolute atomic E-state index is 0.248. The molecule has 0 spiro atoms. The smallest absolute Gasteiger partial charge is 0.234 e. The molecule has 2 aromatic rings. The van der Waals surface area contributed by atoms with Gasteiger partial charge in [0, 0.05) is 30.1 Å². The Hall–Kier alpha value is -1.70. The van der Waals surface area contributed by atoms with Crippen LogP contribution in [0.2, 0.25) is 5.02 Å².